The van der Waals surface area contributed by atoms with Crippen molar-refractivity contribution in [3.8, 4) is 11.4 Å². The molecule has 0 saturated carbocycles. The van der Waals surface area contributed by atoms with Crippen LogP contribution < -0.4 is 0 Å². The van der Waals surface area contributed by atoms with E-state index < -0.39 is 15.8 Å². The Morgan fingerprint density at radius 3 is 2.86 bits per heavy atom. The van der Waals surface area contributed by atoms with Crippen LogP contribution in [0, 0.1) is 11.7 Å². The van der Waals surface area contributed by atoms with Crippen LogP contribution in [0.4, 0.5) is 4.39 Å². The standard InChI is InChI=1S/C18H17ClFN3O3S2/c19-15-7-8-17(27-15)28(24,25)23-9-3-4-12(11-23)10-16-21-18(22-26-16)13-5-1-2-6-14(13)20/h1-2,5-8,12H,3-4,9-11H2. The summed E-state index contributed by atoms with van der Waals surface area (Å²) in [7, 11) is -3.56. The maximum Gasteiger partial charge on any atom is 0.252 e. The van der Waals surface area contributed by atoms with Crippen molar-refractivity contribution in [2.75, 3.05) is 13.1 Å². The highest BCUT2D eigenvalue weighted by molar-refractivity contribution is 7.91. The fourth-order valence-corrected chi connectivity index (χ4v) is 6.50. The molecule has 1 aliphatic heterocycles. The van der Waals surface area contributed by atoms with Gasteiger partial charge in [0.1, 0.15) is 10.0 Å². The SMILES string of the molecule is O=S(=O)(c1ccc(Cl)s1)N1CCCC(Cc2nc(-c3ccccc3F)no2)C1. The first-order valence-electron chi connectivity index (χ1n) is 8.76. The van der Waals surface area contributed by atoms with Gasteiger partial charge in [-0.1, -0.05) is 28.9 Å². The van der Waals surface area contributed by atoms with Gasteiger partial charge in [0.15, 0.2) is 0 Å². The van der Waals surface area contributed by atoms with E-state index in [4.69, 9.17) is 16.1 Å². The molecule has 148 valence electrons. The van der Waals surface area contributed by atoms with Crippen molar-refractivity contribution in [2.24, 2.45) is 5.92 Å². The van der Waals surface area contributed by atoms with Crippen LogP contribution in [0.25, 0.3) is 11.4 Å². The van der Waals surface area contributed by atoms with E-state index in [0.717, 1.165) is 24.2 Å². The van der Waals surface area contributed by atoms with Crippen molar-refractivity contribution in [3.05, 3.63) is 52.4 Å². The molecule has 28 heavy (non-hydrogen) atoms. The molecule has 0 radical (unpaired) electrons. The number of halogens is 2. The van der Waals surface area contributed by atoms with Crippen LogP contribution in [0.1, 0.15) is 18.7 Å². The Morgan fingerprint density at radius 2 is 2.11 bits per heavy atom. The topological polar surface area (TPSA) is 76.3 Å². The van der Waals surface area contributed by atoms with E-state index in [1.807, 2.05) is 0 Å². The summed E-state index contributed by atoms with van der Waals surface area (Å²) in [4.78, 5) is 4.28. The number of hydrogen-bond donors (Lipinski definition) is 0. The average Bonchev–Trinajstić information content (AvgIpc) is 3.32. The molecule has 2 aromatic heterocycles. The Kier molecular flexibility index (Phi) is 5.50. The van der Waals surface area contributed by atoms with E-state index in [1.165, 1.54) is 16.4 Å². The summed E-state index contributed by atoms with van der Waals surface area (Å²) in [5, 5.41) is 3.86. The lowest BCUT2D eigenvalue weighted by Crippen LogP contribution is -2.40. The predicted molar refractivity (Wildman–Crippen MR) is 104 cm³/mol. The minimum atomic E-state index is -3.56. The van der Waals surface area contributed by atoms with Crippen LogP contribution in [-0.4, -0.2) is 36.0 Å². The van der Waals surface area contributed by atoms with Crippen molar-refractivity contribution < 1.29 is 17.3 Å². The predicted octanol–water partition coefficient (Wildman–Crippen LogP) is 4.23. The van der Waals surface area contributed by atoms with E-state index in [2.05, 4.69) is 10.1 Å². The van der Waals surface area contributed by atoms with Gasteiger partial charge in [0.05, 0.1) is 9.90 Å². The first-order valence-corrected chi connectivity index (χ1v) is 11.4. The molecule has 3 heterocycles. The lowest BCUT2D eigenvalue weighted by atomic mass is 9.96. The average molecular weight is 442 g/mol. The van der Waals surface area contributed by atoms with Gasteiger partial charge in [0, 0.05) is 19.5 Å². The van der Waals surface area contributed by atoms with Crippen molar-refractivity contribution in [3.63, 3.8) is 0 Å². The molecule has 1 aromatic carbocycles. The summed E-state index contributed by atoms with van der Waals surface area (Å²) < 4.78 is 47.0. The zero-order valence-electron chi connectivity index (χ0n) is 14.7. The fourth-order valence-electron chi connectivity index (χ4n) is 3.31. The largest absolute Gasteiger partial charge is 0.339 e. The summed E-state index contributed by atoms with van der Waals surface area (Å²) in [6.45, 7) is 0.841. The molecule has 3 aromatic rings. The first kappa shape index (κ1) is 19.5. The van der Waals surface area contributed by atoms with Crippen LogP contribution >= 0.6 is 22.9 Å². The first-order chi connectivity index (χ1) is 13.4. The zero-order valence-corrected chi connectivity index (χ0v) is 17.1. The Hall–Kier alpha value is -1.81. The highest BCUT2D eigenvalue weighted by Gasteiger charge is 2.32. The second kappa shape index (κ2) is 7.90. The van der Waals surface area contributed by atoms with Crippen molar-refractivity contribution in [2.45, 2.75) is 23.5 Å². The van der Waals surface area contributed by atoms with Crippen molar-refractivity contribution in [1.29, 1.82) is 0 Å². The van der Waals surface area contributed by atoms with Crippen molar-refractivity contribution in [1.82, 2.24) is 14.4 Å². The molecular weight excluding hydrogens is 425 g/mol. The van der Waals surface area contributed by atoms with Gasteiger partial charge < -0.3 is 4.52 Å². The monoisotopic (exact) mass is 441 g/mol. The third-order valence-electron chi connectivity index (χ3n) is 4.67. The number of sulfonamides is 1. The molecule has 1 unspecified atom stereocenters. The molecule has 10 heteroatoms. The van der Waals surface area contributed by atoms with E-state index >= 15 is 0 Å². The summed E-state index contributed by atoms with van der Waals surface area (Å²) in [5.41, 5.74) is 0.278. The molecule has 0 amide bonds. The van der Waals surface area contributed by atoms with E-state index in [-0.39, 0.29) is 21.5 Å². The molecule has 1 aliphatic rings. The van der Waals surface area contributed by atoms with Crippen LogP contribution in [0.2, 0.25) is 4.34 Å². The smallest absolute Gasteiger partial charge is 0.252 e. The van der Waals surface area contributed by atoms with Gasteiger partial charge in [0.25, 0.3) is 10.0 Å². The molecule has 1 atom stereocenters. The van der Waals surface area contributed by atoms with E-state index in [9.17, 15) is 12.8 Å². The molecule has 6 nitrogen and oxygen atoms in total. The summed E-state index contributed by atoms with van der Waals surface area (Å²) in [6.07, 6.45) is 2.05. The molecule has 0 N–H and O–H groups in total. The number of hydrogen-bond acceptors (Lipinski definition) is 6. The van der Waals surface area contributed by atoms with E-state index in [0.29, 0.717) is 29.7 Å². The molecule has 0 bridgehead atoms. The quantitative estimate of drug-likeness (QED) is 0.592. The van der Waals surface area contributed by atoms with Gasteiger partial charge in [-0.05, 0) is 43.0 Å². The second-order valence-electron chi connectivity index (χ2n) is 6.63. The Balaban J connectivity index is 1.47. The van der Waals surface area contributed by atoms with Gasteiger partial charge in [-0.3, -0.25) is 0 Å². The number of rotatable bonds is 5. The number of piperidine rings is 1. The summed E-state index contributed by atoms with van der Waals surface area (Å²) in [6, 6.07) is 9.35. The van der Waals surface area contributed by atoms with E-state index in [1.54, 1.807) is 24.3 Å². The molecule has 0 spiro atoms. The maximum absolute atomic E-state index is 13.9. The number of thiophene rings is 1. The highest BCUT2D eigenvalue weighted by Crippen LogP contribution is 2.31. The fraction of sp³-hybridized carbons (Fsp3) is 0.333. The molecular formula is C18H17ClFN3O3S2. The van der Waals surface area contributed by atoms with Gasteiger partial charge in [-0.15, -0.1) is 11.3 Å². The molecule has 1 fully saturated rings. The highest BCUT2D eigenvalue weighted by atomic mass is 35.5. The Morgan fingerprint density at radius 1 is 1.29 bits per heavy atom. The van der Waals surface area contributed by atoms with Gasteiger partial charge in [0.2, 0.25) is 11.7 Å². The van der Waals surface area contributed by atoms with Gasteiger partial charge in [-0.25, -0.2) is 12.8 Å². The Bertz CT molecular complexity index is 1080. The van der Waals surface area contributed by atoms with Crippen LogP contribution in [0.15, 0.2) is 45.1 Å². The number of aromatic nitrogens is 2. The summed E-state index contributed by atoms with van der Waals surface area (Å²) in [5.74, 6) is 0.204. The lowest BCUT2D eigenvalue weighted by Gasteiger charge is -2.30. The molecule has 1 saturated heterocycles. The van der Waals surface area contributed by atoms with Crippen LogP contribution in [-0.2, 0) is 16.4 Å². The van der Waals surface area contributed by atoms with Crippen molar-refractivity contribution >= 4 is 33.0 Å². The van der Waals surface area contributed by atoms with Crippen LogP contribution in [0.3, 0.4) is 0 Å². The van der Waals surface area contributed by atoms with Gasteiger partial charge >= 0.3 is 0 Å². The third-order valence-corrected chi connectivity index (χ3v) is 8.23. The number of nitrogens with zero attached hydrogens (tertiary/aromatic N) is 3. The summed E-state index contributed by atoms with van der Waals surface area (Å²) >= 11 is 6.94. The maximum atomic E-state index is 13.9. The zero-order chi connectivity index (χ0) is 19.7. The molecule has 4 rings (SSSR count). The minimum absolute atomic E-state index is 0.0490. The normalized spacial score (nSPS) is 18.4. The number of benzene rings is 1. The lowest BCUT2D eigenvalue weighted by molar-refractivity contribution is 0.247. The third kappa shape index (κ3) is 3.98. The minimum Gasteiger partial charge on any atom is -0.339 e. The molecule has 0 aliphatic carbocycles. The van der Waals surface area contributed by atoms with Crippen LogP contribution in [0.5, 0.6) is 0 Å². The second-order valence-corrected chi connectivity index (χ2v) is 10.5. The Labute approximate surface area is 171 Å². The van der Waals surface area contributed by atoms with Gasteiger partial charge in [-0.2, -0.15) is 9.29 Å².